The minimum atomic E-state index is -0.530. The molecule has 0 saturated heterocycles. The molecule has 0 unspecified atom stereocenters. The number of benzene rings is 1. The van der Waals surface area contributed by atoms with Gasteiger partial charge in [-0.05, 0) is 64.7 Å². The van der Waals surface area contributed by atoms with E-state index >= 15 is 0 Å². The van der Waals surface area contributed by atoms with Crippen LogP contribution in [-0.4, -0.2) is 43.3 Å². The molecule has 0 spiro atoms. The van der Waals surface area contributed by atoms with Crippen LogP contribution < -0.4 is 10.1 Å². The SMILES string of the molecule is COc1oc(C(=O)NC2CCC(OCC(=O)OC(C)(C)C)CC2)c2ccc(C#N)cc12. The zero-order chi connectivity index (χ0) is 22.6. The number of fused-ring (bicyclic) bond motifs is 1. The molecule has 1 aliphatic rings. The zero-order valence-corrected chi connectivity index (χ0v) is 18.3. The van der Waals surface area contributed by atoms with Crippen LogP contribution in [-0.2, 0) is 14.3 Å². The van der Waals surface area contributed by atoms with Crippen molar-refractivity contribution in [2.75, 3.05) is 13.7 Å². The first-order valence-corrected chi connectivity index (χ1v) is 10.3. The first kappa shape index (κ1) is 22.6. The van der Waals surface area contributed by atoms with Gasteiger partial charge in [-0.3, -0.25) is 4.79 Å². The maximum Gasteiger partial charge on any atom is 0.332 e. The number of rotatable bonds is 6. The van der Waals surface area contributed by atoms with Crippen LogP contribution in [0, 0.1) is 11.3 Å². The summed E-state index contributed by atoms with van der Waals surface area (Å²) in [6.07, 6.45) is 2.91. The van der Waals surface area contributed by atoms with Gasteiger partial charge in [-0.15, -0.1) is 0 Å². The van der Waals surface area contributed by atoms with E-state index < -0.39 is 5.60 Å². The van der Waals surface area contributed by atoms with Gasteiger partial charge in [-0.2, -0.15) is 5.26 Å². The van der Waals surface area contributed by atoms with Crippen molar-refractivity contribution in [3.8, 4) is 12.0 Å². The van der Waals surface area contributed by atoms with Gasteiger partial charge in [0.1, 0.15) is 12.2 Å². The van der Waals surface area contributed by atoms with E-state index in [-0.39, 0.29) is 42.3 Å². The summed E-state index contributed by atoms with van der Waals surface area (Å²) < 4.78 is 21.8. The molecule has 2 aromatic rings. The third-order valence-electron chi connectivity index (χ3n) is 5.07. The third kappa shape index (κ3) is 5.76. The average Bonchev–Trinajstić information content (AvgIpc) is 3.10. The van der Waals surface area contributed by atoms with Gasteiger partial charge in [-0.25, -0.2) is 4.79 Å². The van der Waals surface area contributed by atoms with E-state index in [9.17, 15) is 9.59 Å². The Labute approximate surface area is 181 Å². The Balaban J connectivity index is 1.55. The Hall–Kier alpha value is -3.05. The van der Waals surface area contributed by atoms with Crippen molar-refractivity contribution in [1.29, 1.82) is 5.26 Å². The predicted molar refractivity (Wildman–Crippen MR) is 113 cm³/mol. The second kappa shape index (κ2) is 9.40. The molecule has 166 valence electrons. The summed E-state index contributed by atoms with van der Waals surface area (Å²) in [6, 6.07) is 7.02. The lowest BCUT2D eigenvalue weighted by Gasteiger charge is -2.29. The number of carbonyl (C=O) groups is 2. The van der Waals surface area contributed by atoms with Crippen LogP contribution in [0.1, 0.15) is 62.6 Å². The van der Waals surface area contributed by atoms with E-state index in [0.717, 1.165) is 25.7 Å². The number of carbonyl (C=O) groups excluding carboxylic acids is 2. The van der Waals surface area contributed by atoms with Gasteiger partial charge in [-0.1, -0.05) is 0 Å². The van der Waals surface area contributed by atoms with Crippen molar-refractivity contribution >= 4 is 22.6 Å². The molecule has 1 aromatic carbocycles. The Morgan fingerprint density at radius 3 is 2.52 bits per heavy atom. The Kier molecular flexibility index (Phi) is 6.86. The predicted octanol–water partition coefficient (Wildman–Crippen LogP) is 3.71. The van der Waals surface area contributed by atoms with Crippen molar-refractivity contribution in [3.63, 3.8) is 0 Å². The van der Waals surface area contributed by atoms with Crippen molar-refractivity contribution in [1.82, 2.24) is 5.32 Å². The monoisotopic (exact) mass is 428 g/mol. The fourth-order valence-electron chi connectivity index (χ4n) is 3.69. The highest BCUT2D eigenvalue weighted by Gasteiger charge is 2.27. The number of nitriles is 1. The summed E-state index contributed by atoms with van der Waals surface area (Å²) >= 11 is 0. The summed E-state index contributed by atoms with van der Waals surface area (Å²) in [5.74, 6) is -0.326. The van der Waals surface area contributed by atoms with Crippen LogP contribution in [0.25, 0.3) is 10.8 Å². The molecule has 0 radical (unpaired) electrons. The fourth-order valence-corrected chi connectivity index (χ4v) is 3.69. The Bertz CT molecular complexity index is 990. The van der Waals surface area contributed by atoms with E-state index in [2.05, 4.69) is 11.4 Å². The lowest BCUT2D eigenvalue weighted by molar-refractivity contribution is -0.162. The van der Waals surface area contributed by atoms with E-state index in [1.807, 2.05) is 20.8 Å². The summed E-state index contributed by atoms with van der Waals surface area (Å²) in [4.78, 5) is 24.6. The summed E-state index contributed by atoms with van der Waals surface area (Å²) in [5.41, 5.74) is -0.0691. The highest BCUT2D eigenvalue weighted by Crippen LogP contribution is 2.33. The van der Waals surface area contributed by atoms with Gasteiger partial charge in [0.2, 0.25) is 5.76 Å². The van der Waals surface area contributed by atoms with Gasteiger partial charge < -0.3 is 23.9 Å². The van der Waals surface area contributed by atoms with E-state index in [0.29, 0.717) is 16.3 Å². The quantitative estimate of drug-likeness (QED) is 0.698. The van der Waals surface area contributed by atoms with Gasteiger partial charge in [0.05, 0.1) is 30.2 Å². The highest BCUT2D eigenvalue weighted by atomic mass is 16.6. The number of hydrogen-bond acceptors (Lipinski definition) is 7. The smallest absolute Gasteiger partial charge is 0.332 e. The maximum atomic E-state index is 12.8. The summed E-state index contributed by atoms with van der Waals surface area (Å²) in [6.45, 7) is 5.39. The molecule has 1 fully saturated rings. The molecular weight excluding hydrogens is 400 g/mol. The number of nitrogens with zero attached hydrogens (tertiary/aromatic N) is 1. The standard InChI is InChI=1S/C23H28N2O6/c1-23(2,3)31-19(26)13-29-16-8-6-15(7-9-16)25-21(27)20-17-10-5-14(12-24)11-18(17)22(28-4)30-20/h5,10-11,15-16H,6-9,13H2,1-4H3,(H,25,27). The zero-order valence-electron chi connectivity index (χ0n) is 18.3. The molecule has 3 rings (SSSR count). The lowest BCUT2D eigenvalue weighted by atomic mass is 9.93. The van der Waals surface area contributed by atoms with Crippen LogP contribution in [0.4, 0.5) is 0 Å². The summed E-state index contributed by atoms with van der Waals surface area (Å²) in [7, 11) is 1.46. The first-order chi connectivity index (χ1) is 14.7. The number of furan rings is 1. The van der Waals surface area contributed by atoms with Crippen LogP contribution >= 0.6 is 0 Å². The normalized spacial score (nSPS) is 18.9. The molecule has 0 bridgehead atoms. The van der Waals surface area contributed by atoms with E-state index in [1.54, 1.807) is 18.2 Å². The van der Waals surface area contributed by atoms with Crippen LogP contribution in [0.5, 0.6) is 5.95 Å². The van der Waals surface area contributed by atoms with Crippen LogP contribution in [0.15, 0.2) is 22.6 Å². The number of esters is 1. The molecule has 31 heavy (non-hydrogen) atoms. The molecular formula is C23H28N2O6. The fraction of sp³-hybridized carbons (Fsp3) is 0.522. The van der Waals surface area contributed by atoms with Crippen molar-refractivity contribution in [2.24, 2.45) is 0 Å². The third-order valence-corrected chi connectivity index (χ3v) is 5.07. The van der Waals surface area contributed by atoms with Gasteiger partial charge in [0.15, 0.2) is 0 Å². The molecule has 1 heterocycles. The second-order valence-electron chi connectivity index (χ2n) is 8.64. The minimum absolute atomic E-state index is 0.0154. The molecule has 1 amide bonds. The Morgan fingerprint density at radius 2 is 1.90 bits per heavy atom. The first-order valence-electron chi connectivity index (χ1n) is 10.3. The molecule has 1 aliphatic carbocycles. The molecule has 8 nitrogen and oxygen atoms in total. The average molecular weight is 428 g/mol. The van der Waals surface area contributed by atoms with Gasteiger partial charge >= 0.3 is 5.97 Å². The van der Waals surface area contributed by atoms with Crippen molar-refractivity contribution in [2.45, 2.75) is 64.2 Å². The topological polar surface area (TPSA) is 111 Å². The van der Waals surface area contributed by atoms with Crippen molar-refractivity contribution < 1.29 is 28.2 Å². The van der Waals surface area contributed by atoms with Crippen LogP contribution in [0.2, 0.25) is 0 Å². The number of ether oxygens (including phenoxy) is 3. The van der Waals surface area contributed by atoms with Crippen LogP contribution in [0.3, 0.4) is 0 Å². The largest absolute Gasteiger partial charge is 0.468 e. The molecule has 0 atom stereocenters. The Morgan fingerprint density at radius 1 is 1.19 bits per heavy atom. The molecule has 8 heteroatoms. The molecule has 1 saturated carbocycles. The van der Waals surface area contributed by atoms with E-state index in [1.165, 1.54) is 7.11 Å². The van der Waals surface area contributed by atoms with E-state index in [4.69, 9.17) is 23.9 Å². The number of nitrogens with one attached hydrogen (secondary N) is 1. The second-order valence-corrected chi connectivity index (χ2v) is 8.64. The van der Waals surface area contributed by atoms with Gasteiger partial charge in [0, 0.05) is 11.4 Å². The molecule has 0 aliphatic heterocycles. The number of hydrogen-bond donors (Lipinski definition) is 1. The number of methoxy groups -OCH3 is 1. The van der Waals surface area contributed by atoms with Crippen molar-refractivity contribution in [3.05, 3.63) is 29.5 Å². The summed E-state index contributed by atoms with van der Waals surface area (Å²) in [5, 5.41) is 13.3. The number of amides is 1. The highest BCUT2D eigenvalue weighted by molar-refractivity contribution is 6.07. The minimum Gasteiger partial charge on any atom is -0.468 e. The van der Waals surface area contributed by atoms with Gasteiger partial charge in [0.25, 0.3) is 11.9 Å². The lowest BCUT2D eigenvalue weighted by Crippen LogP contribution is -2.39. The molecule has 1 aromatic heterocycles. The maximum absolute atomic E-state index is 12.8. The molecule has 1 N–H and O–H groups in total.